The number of rotatable bonds is 9. The van der Waals surface area contributed by atoms with Crippen molar-refractivity contribution in [2.45, 2.75) is 19.9 Å². The van der Waals surface area contributed by atoms with Gasteiger partial charge >= 0.3 is 0 Å². The first-order valence-electron chi connectivity index (χ1n) is 9.06. The Morgan fingerprint density at radius 3 is 2.27 bits per heavy atom. The predicted molar refractivity (Wildman–Crippen MR) is 107 cm³/mol. The summed E-state index contributed by atoms with van der Waals surface area (Å²) in [7, 11) is 0. The highest BCUT2D eigenvalue weighted by Gasteiger charge is 2.00. The summed E-state index contributed by atoms with van der Waals surface area (Å²) in [6.45, 7) is 4.09. The Morgan fingerprint density at radius 1 is 0.731 bits per heavy atom. The molecule has 0 aliphatic rings. The minimum absolute atomic E-state index is 0.671. The Balaban J connectivity index is 1.51. The number of nitrogens with one attached hydrogen (secondary N) is 1. The average molecular weight is 347 g/mol. The summed E-state index contributed by atoms with van der Waals surface area (Å²) >= 11 is 0. The molecule has 3 rings (SSSR count). The van der Waals surface area contributed by atoms with Gasteiger partial charge in [-0.1, -0.05) is 48.5 Å². The lowest BCUT2D eigenvalue weighted by molar-refractivity contribution is 0.322. The number of benzene rings is 3. The molecule has 0 saturated carbocycles. The van der Waals surface area contributed by atoms with Crippen molar-refractivity contribution < 1.29 is 9.47 Å². The van der Waals surface area contributed by atoms with E-state index < -0.39 is 0 Å². The van der Waals surface area contributed by atoms with E-state index >= 15 is 0 Å². The van der Waals surface area contributed by atoms with Crippen LogP contribution in [-0.4, -0.2) is 13.2 Å². The molecule has 3 aromatic carbocycles. The summed E-state index contributed by atoms with van der Waals surface area (Å²) in [5, 5.41) is 3.44. The van der Waals surface area contributed by atoms with Gasteiger partial charge in [0, 0.05) is 24.7 Å². The van der Waals surface area contributed by atoms with E-state index in [-0.39, 0.29) is 0 Å². The highest BCUT2D eigenvalue weighted by molar-refractivity contribution is 5.48. The second-order valence-electron chi connectivity index (χ2n) is 6.05. The molecule has 0 radical (unpaired) electrons. The van der Waals surface area contributed by atoms with E-state index in [0.29, 0.717) is 13.2 Å². The van der Waals surface area contributed by atoms with Gasteiger partial charge in [-0.05, 0) is 42.3 Å². The fourth-order valence-corrected chi connectivity index (χ4v) is 2.74. The lowest BCUT2D eigenvalue weighted by atomic mass is 10.2. The molecule has 0 atom stereocenters. The van der Waals surface area contributed by atoms with E-state index in [1.165, 1.54) is 11.1 Å². The fourth-order valence-electron chi connectivity index (χ4n) is 2.74. The third-order valence-electron chi connectivity index (χ3n) is 4.04. The van der Waals surface area contributed by atoms with Crippen LogP contribution in [0.4, 0.5) is 5.69 Å². The van der Waals surface area contributed by atoms with Gasteiger partial charge in [0.05, 0.1) is 13.2 Å². The number of anilines is 1. The van der Waals surface area contributed by atoms with Crippen molar-refractivity contribution in [2.75, 3.05) is 18.5 Å². The van der Waals surface area contributed by atoms with E-state index in [1.54, 1.807) is 0 Å². The first-order valence-corrected chi connectivity index (χ1v) is 9.06. The third kappa shape index (κ3) is 5.55. The molecule has 0 unspecified atom stereocenters. The van der Waals surface area contributed by atoms with Crippen molar-refractivity contribution in [3.8, 4) is 11.5 Å². The Labute approximate surface area is 155 Å². The van der Waals surface area contributed by atoms with Gasteiger partial charge in [0.1, 0.15) is 11.5 Å². The summed E-state index contributed by atoms with van der Waals surface area (Å²) in [5.74, 6) is 1.79. The molecule has 1 N–H and O–H groups in total. The molecule has 3 heteroatoms. The van der Waals surface area contributed by atoms with Crippen molar-refractivity contribution >= 4 is 5.69 Å². The zero-order valence-corrected chi connectivity index (χ0v) is 15.2. The predicted octanol–water partition coefficient (Wildman–Crippen LogP) is 5.32. The van der Waals surface area contributed by atoms with Gasteiger partial charge in [-0.2, -0.15) is 0 Å². The van der Waals surface area contributed by atoms with Gasteiger partial charge in [-0.3, -0.25) is 0 Å². The van der Waals surface area contributed by atoms with E-state index in [1.807, 2.05) is 43.3 Å². The van der Waals surface area contributed by atoms with E-state index in [4.69, 9.17) is 9.47 Å². The molecule has 0 heterocycles. The van der Waals surface area contributed by atoms with Crippen LogP contribution in [0.25, 0.3) is 0 Å². The number of hydrogen-bond donors (Lipinski definition) is 1. The highest BCUT2D eigenvalue weighted by Crippen LogP contribution is 2.19. The first kappa shape index (κ1) is 17.9. The third-order valence-corrected chi connectivity index (χ3v) is 4.04. The van der Waals surface area contributed by atoms with Gasteiger partial charge in [0.25, 0.3) is 0 Å². The quantitative estimate of drug-likeness (QED) is 0.568. The maximum atomic E-state index is 5.89. The minimum atomic E-state index is 0.671. The summed E-state index contributed by atoms with van der Waals surface area (Å²) in [5.41, 5.74) is 3.52. The second kappa shape index (κ2) is 9.52. The summed E-state index contributed by atoms with van der Waals surface area (Å²) < 4.78 is 11.4. The average Bonchev–Trinajstić information content (AvgIpc) is 2.68. The van der Waals surface area contributed by atoms with Crippen molar-refractivity contribution in [2.24, 2.45) is 0 Å². The molecular formula is C23H25NO2. The van der Waals surface area contributed by atoms with Crippen LogP contribution in [0.1, 0.15) is 18.1 Å². The van der Waals surface area contributed by atoms with Crippen molar-refractivity contribution in [3.05, 3.63) is 90.0 Å². The maximum Gasteiger partial charge on any atom is 0.121 e. The number of ether oxygens (including phenoxy) is 2. The Hall–Kier alpha value is -2.94. The molecule has 0 aliphatic heterocycles. The molecule has 3 nitrogen and oxygen atoms in total. The lowest BCUT2D eigenvalue weighted by Crippen LogP contribution is -2.03. The minimum Gasteiger partial charge on any atom is -0.494 e. The van der Waals surface area contributed by atoms with Gasteiger partial charge in [-0.25, -0.2) is 0 Å². The van der Waals surface area contributed by atoms with Gasteiger partial charge in [-0.15, -0.1) is 0 Å². The van der Waals surface area contributed by atoms with Gasteiger partial charge in [0.15, 0.2) is 0 Å². The van der Waals surface area contributed by atoms with Crippen LogP contribution < -0.4 is 14.8 Å². The zero-order chi connectivity index (χ0) is 18.0. The van der Waals surface area contributed by atoms with Crippen molar-refractivity contribution in [1.82, 2.24) is 0 Å². The van der Waals surface area contributed by atoms with Crippen LogP contribution >= 0.6 is 0 Å². The molecule has 0 fully saturated rings. The molecule has 0 bridgehead atoms. The fraction of sp³-hybridized carbons (Fsp3) is 0.217. The van der Waals surface area contributed by atoms with Crippen molar-refractivity contribution in [1.29, 1.82) is 0 Å². The van der Waals surface area contributed by atoms with E-state index in [9.17, 15) is 0 Å². The highest BCUT2D eigenvalue weighted by atomic mass is 16.5. The van der Waals surface area contributed by atoms with Gasteiger partial charge in [0.2, 0.25) is 0 Å². The Kier molecular flexibility index (Phi) is 6.54. The smallest absolute Gasteiger partial charge is 0.121 e. The first-order chi connectivity index (χ1) is 12.8. The van der Waals surface area contributed by atoms with Gasteiger partial charge < -0.3 is 14.8 Å². The Morgan fingerprint density at radius 2 is 1.46 bits per heavy atom. The zero-order valence-electron chi connectivity index (χ0n) is 15.2. The Bertz CT molecular complexity index is 802. The summed E-state index contributed by atoms with van der Waals surface area (Å²) in [4.78, 5) is 0. The lowest BCUT2D eigenvalue weighted by Gasteiger charge is -2.11. The monoisotopic (exact) mass is 347 g/mol. The van der Waals surface area contributed by atoms with Crippen molar-refractivity contribution in [3.63, 3.8) is 0 Å². The molecule has 0 amide bonds. The normalized spacial score (nSPS) is 10.3. The molecule has 0 aromatic heterocycles. The largest absolute Gasteiger partial charge is 0.494 e. The van der Waals surface area contributed by atoms with E-state index in [0.717, 1.165) is 30.2 Å². The SMILES string of the molecule is CCOc1cccc(CNc2cccc(OCCc3ccccc3)c2)c1. The molecule has 3 aromatic rings. The molecule has 0 saturated heterocycles. The van der Waals surface area contributed by atoms with Crippen LogP contribution in [0.5, 0.6) is 11.5 Å². The molecular weight excluding hydrogens is 322 g/mol. The van der Waals surface area contributed by atoms with Crippen LogP contribution in [0.3, 0.4) is 0 Å². The molecule has 0 aliphatic carbocycles. The summed E-state index contributed by atoms with van der Waals surface area (Å²) in [6, 6.07) is 26.6. The molecule has 26 heavy (non-hydrogen) atoms. The van der Waals surface area contributed by atoms with E-state index in [2.05, 4.69) is 47.8 Å². The number of hydrogen-bond acceptors (Lipinski definition) is 3. The van der Waals surface area contributed by atoms with Crippen LogP contribution in [-0.2, 0) is 13.0 Å². The van der Waals surface area contributed by atoms with Crippen LogP contribution in [0.15, 0.2) is 78.9 Å². The van der Waals surface area contributed by atoms with Crippen LogP contribution in [0, 0.1) is 0 Å². The molecule has 134 valence electrons. The van der Waals surface area contributed by atoms with Crippen LogP contribution in [0.2, 0.25) is 0 Å². The standard InChI is InChI=1S/C23H25NO2/c1-2-25-22-12-6-10-20(16-22)18-24-21-11-7-13-23(17-21)26-15-14-19-8-4-3-5-9-19/h3-13,16-17,24H,2,14-15,18H2,1H3. The molecule has 0 spiro atoms. The summed E-state index contributed by atoms with van der Waals surface area (Å²) in [6.07, 6.45) is 0.905. The topological polar surface area (TPSA) is 30.5 Å². The maximum absolute atomic E-state index is 5.89. The second-order valence-corrected chi connectivity index (χ2v) is 6.05.